The summed E-state index contributed by atoms with van der Waals surface area (Å²) in [6, 6.07) is 14.9. The van der Waals surface area contributed by atoms with Crippen molar-refractivity contribution >= 4 is 28.5 Å². The van der Waals surface area contributed by atoms with Crippen LogP contribution in [0.2, 0.25) is 0 Å². The van der Waals surface area contributed by atoms with Gasteiger partial charge in [0, 0.05) is 23.7 Å². The monoisotopic (exact) mass is 395 g/mol. The molecule has 0 aliphatic heterocycles. The molecule has 1 aromatic heterocycles. The standard InChI is InChI=1S/C23H25NO5/c1-14(2)16-9-11-17(12-10-16)24-22(25)15(3)28-23(26)21-19(13-27-4)18-7-5-6-8-20(18)29-21/h5-12,14-15H,13H2,1-4H3,(H,24,25)/t15-/m1/s1. The van der Waals surface area contributed by atoms with Crippen LogP contribution >= 0.6 is 0 Å². The highest BCUT2D eigenvalue weighted by molar-refractivity contribution is 5.99. The number of rotatable bonds is 7. The van der Waals surface area contributed by atoms with Crippen molar-refractivity contribution in [1.29, 1.82) is 0 Å². The Morgan fingerprint density at radius 2 is 1.72 bits per heavy atom. The van der Waals surface area contributed by atoms with Crippen LogP contribution in [0.15, 0.2) is 52.9 Å². The van der Waals surface area contributed by atoms with E-state index in [9.17, 15) is 9.59 Å². The molecule has 0 unspecified atom stereocenters. The minimum absolute atomic E-state index is 0.0500. The van der Waals surface area contributed by atoms with Crippen LogP contribution in [0.5, 0.6) is 0 Å². The lowest BCUT2D eigenvalue weighted by Crippen LogP contribution is -2.30. The van der Waals surface area contributed by atoms with Crippen LogP contribution in [0, 0.1) is 0 Å². The SMILES string of the molecule is COCc1c(C(=O)O[C@H](C)C(=O)Nc2ccc(C(C)C)cc2)oc2ccccc12. The second-order valence-corrected chi connectivity index (χ2v) is 7.15. The summed E-state index contributed by atoms with van der Waals surface area (Å²) < 4.78 is 16.2. The number of hydrogen-bond donors (Lipinski definition) is 1. The summed E-state index contributed by atoms with van der Waals surface area (Å²) in [6.45, 7) is 5.93. The maximum atomic E-state index is 12.6. The Morgan fingerprint density at radius 1 is 1.03 bits per heavy atom. The Labute approximate surface area is 169 Å². The van der Waals surface area contributed by atoms with Gasteiger partial charge in [0.05, 0.1) is 6.61 Å². The van der Waals surface area contributed by atoms with E-state index < -0.39 is 18.0 Å². The van der Waals surface area contributed by atoms with Crippen molar-refractivity contribution in [3.8, 4) is 0 Å². The van der Waals surface area contributed by atoms with Crippen molar-refractivity contribution < 1.29 is 23.5 Å². The van der Waals surface area contributed by atoms with E-state index in [1.165, 1.54) is 19.6 Å². The molecule has 1 atom stereocenters. The Balaban J connectivity index is 1.70. The van der Waals surface area contributed by atoms with E-state index in [1.807, 2.05) is 42.5 Å². The molecule has 0 aliphatic rings. The van der Waals surface area contributed by atoms with E-state index in [0.29, 0.717) is 22.8 Å². The van der Waals surface area contributed by atoms with Crippen LogP contribution in [0.1, 0.15) is 48.4 Å². The molecule has 3 rings (SSSR count). The number of nitrogens with one attached hydrogen (secondary N) is 1. The lowest BCUT2D eigenvalue weighted by Gasteiger charge is -2.14. The van der Waals surface area contributed by atoms with E-state index >= 15 is 0 Å². The molecule has 1 N–H and O–H groups in total. The molecule has 6 nitrogen and oxygen atoms in total. The van der Waals surface area contributed by atoms with Gasteiger partial charge in [0.15, 0.2) is 6.10 Å². The third-order valence-corrected chi connectivity index (χ3v) is 4.67. The maximum absolute atomic E-state index is 12.6. The average Bonchev–Trinajstić information content (AvgIpc) is 3.07. The summed E-state index contributed by atoms with van der Waals surface area (Å²) in [7, 11) is 1.54. The van der Waals surface area contributed by atoms with Crippen LogP contribution in [0.4, 0.5) is 5.69 Å². The summed E-state index contributed by atoms with van der Waals surface area (Å²) >= 11 is 0. The highest BCUT2D eigenvalue weighted by Crippen LogP contribution is 2.27. The molecular formula is C23H25NO5. The van der Waals surface area contributed by atoms with Crippen molar-refractivity contribution in [3.05, 3.63) is 65.4 Å². The zero-order chi connectivity index (χ0) is 21.0. The average molecular weight is 395 g/mol. The Hall–Kier alpha value is -3.12. The molecule has 3 aromatic rings. The number of amides is 1. The first-order chi connectivity index (χ1) is 13.9. The van der Waals surface area contributed by atoms with Gasteiger partial charge in [0.1, 0.15) is 5.58 Å². The second kappa shape index (κ2) is 8.92. The van der Waals surface area contributed by atoms with Crippen molar-refractivity contribution in [2.45, 2.75) is 39.4 Å². The Bertz CT molecular complexity index is 1000. The second-order valence-electron chi connectivity index (χ2n) is 7.15. The van der Waals surface area contributed by atoms with Crippen LogP contribution in [0.25, 0.3) is 11.0 Å². The summed E-state index contributed by atoms with van der Waals surface area (Å²) in [4.78, 5) is 25.1. The van der Waals surface area contributed by atoms with Gasteiger partial charge >= 0.3 is 5.97 Å². The molecular weight excluding hydrogens is 370 g/mol. The molecule has 1 amide bonds. The van der Waals surface area contributed by atoms with E-state index in [1.54, 1.807) is 6.07 Å². The molecule has 0 bridgehead atoms. The fourth-order valence-corrected chi connectivity index (χ4v) is 3.01. The van der Waals surface area contributed by atoms with Crippen molar-refractivity contribution in [2.24, 2.45) is 0 Å². The smallest absolute Gasteiger partial charge is 0.375 e. The number of hydrogen-bond acceptors (Lipinski definition) is 5. The first kappa shape index (κ1) is 20.6. The largest absolute Gasteiger partial charge is 0.449 e. The number of benzene rings is 2. The summed E-state index contributed by atoms with van der Waals surface area (Å²) in [5, 5.41) is 3.54. The van der Waals surface area contributed by atoms with Crippen molar-refractivity contribution in [2.75, 3.05) is 12.4 Å². The van der Waals surface area contributed by atoms with Crippen LogP contribution in [-0.4, -0.2) is 25.1 Å². The van der Waals surface area contributed by atoms with Crippen LogP contribution in [-0.2, 0) is 20.9 Å². The zero-order valence-corrected chi connectivity index (χ0v) is 17.0. The van der Waals surface area contributed by atoms with E-state index in [2.05, 4.69) is 19.2 Å². The van der Waals surface area contributed by atoms with E-state index in [0.717, 1.165) is 5.39 Å². The number of methoxy groups -OCH3 is 1. The van der Waals surface area contributed by atoms with Crippen molar-refractivity contribution in [3.63, 3.8) is 0 Å². The highest BCUT2D eigenvalue weighted by atomic mass is 16.6. The Kier molecular flexibility index (Phi) is 6.34. The minimum Gasteiger partial charge on any atom is -0.449 e. The van der Waals surface area contributed by atoms with Gasteiger partial charge in [-0.05, 0) is 36.6 Å². The first-order valence-electron chi connectivity index (χ1n) is 9.51. The highest BCUT2D eigenvalue weighted by Gasteiger charge is 2.25. The number of fused-ring (bicyclic) bond motifs is 1. The summed E-state index contributed by atoms with van der Waals surface area (Å²) in [5.74, 6) is -0.662. The molecule has 0 radical (unpaired) electrons. The number of esters is 1. The van der Waals surface area contributed by atoms with Gasteiger partial charge in [-0.3, -0.25) is 4.79 Å². The number of para-hydroxylation sites is 1. The number of anilines is 1. The minimum atomic E-state index is -0.990. The van der Waals surface area contributed by atoms with Crippen molar-refractivity contribution in [1.82, 2.24) is 0 Å². The lowest BCUT2D eigenvalue weighted by atomic mass is 10.0. The van der Waals surface area contributed by atoms with Gasteiger partial charge in [-0.25, -0.2) is 4.79 Å². The number of carbonyl (C=O) groups excluding carboxylic acids is 2. The zero-order valence-electron chi connectivity index (χ0n) is 17.0. The number of ether oxygens (including phenoxy) is 2. The van der Waals surface area contributed by atoms with Gasteiger partial charge in [0.25, 0.3) is 5.91 Å². The molecule has 0 saturated carbocycles. The maximum Gasteiger partial charge on any atom is 0.375 e. The van der Waals surface area contributed by atoms with Gasteiger partial charge in [-0.2, -0.15) is 0 Å². The molecule has 0 fully saturated rings. The normalized spacial score (nSPS) is 12.2. The predicted octanol–water partition coefficient (Wildman–Crippen LogP) is 4.89. The molecule has 2 aromatic carbocycles. The first-order valence-corrected chi connectivity index (χ1v) is 9.51. The molecule has 0 aliphatic carbocycles. The predicted molar refractivity (Wildman–Crippen MR) is 111 cm³/mol. The number of furan rings is 1. The topological polar surface area (TPSA) is 77.8 Å². The van der Waals surface area contributed by atoms with Gasteiger partial charge in [-0.1, -0.05) is 44.2 Å². The Morgan fingerprint density at radius 3 is 2.38 bits per heavy atom. The van der Waals surface area contributed by atoms with E-state index in [-0.39, 0.29) is 12.4 Å². The third kappa shape index (κ3) is 4.66. The fraction of sp³-hybridized carbons (Fsp3) is 0.304. The third-order valence-electron chi connectivity index (χ3n) is 4.67. The van der Waals surface area contributed by atoms with Crippen LogP contribution < -0.4 is 5.32 Å². The molecule has 6 heteroatoms. The number of carbonyl (C=O) groups is 2. The van der Waals surface area contributed by atoms with Gasteiger partial charge < -0.3 is 19.2 Å². The molecule has 152 valence electrons. The molecule has 0 saturated heterocycles. The molecule has 1 heterocycles. The molecule has 0 spiro atoms. The summed E-state index contributed by atoms with van der Waals surface area (Å²) in [5.41, 5.74) is 2.99. The van der Waals surface area contributed by atoms with Crippen LogP contribution in [0.3, 0.4) is 0 Å². The lowest BCUT2D eigenvalue weighted by molar-refractivity contribution is -0.123. The summed E-state index contributed by atoms with van der Waals surface area (Å²) in [6.07, 6.45) is -0.990. The molecule has 29 heavy (non-hydrogen) atoms. The van der Waals surface area contributed by atoms with Gasteiger partial charge in [0.2, 0.25) is 5.76 Å². The van der Waals surface area contributed by atoms with Gasteiger partial charge in [-0.15, -0.1) is 0 Å². The fourth-order valence-electron chi connectivity index (χ4n) is 3.01. The quantitative estimate of drug-likeness (QED) is 0.577. The van der Waals surface area contributed by atoms with E-state index in [4.69, 9.17) is 13.9 Å².